The molecule has 98 valence electrons. The summed E-state index contributed by atoms with van der Waals surface area (Å²) < 4.78 is 10.1. The van der Waals surface area contributed by atoms with Gasteiger partial charge in [-0.2, -0.15) is 0 Å². The van der Waals surface area contributed by atoms with E-state index in [1.54, 1.807) is 44.7 Å². The molecule has 0 N–H and O–H groups in total. The number of ketones is 1. The molecule has 0 radical (unpaired) electrons. The van der Waals surface area contributed by atoms with Crippen LogP contribution >= 0.6 is 0 Å². The maximum absolute atomic E-state index is 12.1. The van der Waals surface area contributed by atoms with E-state index >= 15 is 0 Å². The molecular formula is C15H15NO3. The molecule has 0 amide bonds. The first-order valence-corrected chi connectivity index (χ1v) is 5.89. The lowest BCUT2D eigenvalue weighted by molar-refractivity contribution is 0.0992. The average Bonchev–Trinajstić information content (AvgIpc) is 2.48. The molecule has 0 spiro atoms. The van der Waals surface area contributed by atoms with E-state index in [4.69, 9.17) is 9.47 Å². The summed E-state index contributed by atoms with van der Waals surface area (Å²) in [6, 6.07) is 10.7. The summed E-state index contributed by atoms with van der Waals surface area (Å²) in [4.78, 5) is 16.2. The Labute approximate surface area is 112 Å². The molecule has 4 nitrogen and oxygen atoms in total. The second-order valence-corrected chi connectivity index (χ2v) is 4.04. The SMILES string of the molecule is COc1cccc(C(=O)Cc2ccc(OC)nc2)c1. The number of Topliss-reactive ketones (excluding diaryl/α,β-unsaturated/α-hetero) is 1. The van der Waals surface area contributed by atoms with Crippen LogP contribution in [0.25, 0.3) is 0 Å². The van der Waals surface area contributed by atoms with Gasteiger partial charge in [-0.25, -0.2) is 4.98 Å². The van der Waals surface area contributed by atoms with Crippen LogP contribution in [0.1, 0.15) is 15.9 Å². The molecule has 19 heavy (non-hydrogen) atoms. The van der Waals surface area contributed by atoms with Gasteiger partial charge >= 0.3 is 0 Å². The number of hydrogen-bond acceptors (Lipinski definition) is 4. The highest BCUT2D eigenvalue weighted by Crippen LogP contribution is 2.15. The molecule has 2 aromatic rings. The normalized spacial score (nSPS) is 10.0. The predicted molar refractivity (Wildman–Crippen MR) is 71.8 cm³/mol. The summed E-state index contributed by atoms with van der Waals surface area (Å²) >= 11 is 0. The molecule has 1 aromatic carbocycles. The first-order valence-electron chi connectivity index (χ1n) is 5.89. The fourth-order valence-electron chi connectivity index (χ4n) is 1.72. The quantitative estimate of drug-likeness (QED) is 0.772. The topological polar surface area (TPSA) is 48.4 Å². The molecular weight excluding hydrogens is 242 g/mol. The minimum absolute atomic E-state index is 0.0332. The van der Waals surface area contributed by atoms with E-state index < -0.39 is 0 Å². The zero-order valence-corrected chi connectivity index (χ0v) is 10.9. The molecule has 0 bridgehead atoms. The molecule has 0 aliphatic rings. The number of aromatic nitrogens is 1. The van der Waals surface area contributed by atoms with Crippen LogP contribution in [-0.2, 0) is 6.42 Å². The van der Waals surface area contributed by atoms with E-state index in [9.17, 15) is 4.79 Å². The van der Waals surface area contributed by atoms with Crippen LogP contribution in [0, 0.1) is 0 Å². The standard InChI is InChI=1S/C15H15NO3/c1-18-13-5-3-4-12(9-13)14(17)8-11-6-7-15(19-2)16-10-11/h3-7,9-10H,8H2,1-2H3. The fraction of sp³-hybridized carbons (Fsp3) is 0.200. The minimum atomic E-state index is 0.0332. The van der Waals surface area contributed by atoms with E-state index in [0.717, 1.165) is 5.56 Å². The monoisotopic (exact) mass is 257 g/mol. The molecule has 0 aliphatic heterocycles. The lowest BCUT2D eigenvalue weighted by atomic mass is 10.0. The lowest BCUT2D eigenvalue weighted by Gasteiger charge is -2.04. The summed E-state index contributed by atoms with van der Waals surface area (Å²) in [7, 11) is 3.14. The number of hydrogen-bond donors (Lipinski definition) is 0. The van der Waals surface area contributed by atoms with E-state index in [2.05, 4.69) is 4.98 Å². The van der Waals surface area contributed by atoms with Gasteiger partial charge in [0.05, 0.1) is 14.2 Å². The highest BCUT2D eigenvalue weighted by atomic mass is 16.5. The number of ether oxygens (including phenoxy) is 2. The van der Waals surface area contributed by atoms with Gasteiger partial charge in [-0.05, 0) is 17.7 Å². The van der Waals surface area contributed by atoms with Gasteiger partial charge in [0.2, 0.25) is 5.88 Å². The lowest BCUT2D eigenvalue weighted by Crippen LogP contribution is -2.04. The van der Waals surface area contributed by atoms with E-state index in [1.165, 1.54) is 0 Å². The number of carbonyl (C=O) groups is 1. The maximum atomic E-state index is 12.1. The van der Waals surface area contributed by atoms with Crippen molar-refractivity contribution in [2.75, 3.05) is 14.2 Å². The third-order valence-corrected chi connectivity index (χ3v) is 2.76. The molecule has 1 aromatic heterocycles. The zero-order valence-electron chi connectivity index (χ0n) is 10.9. The summed E-state index contributed by atoms with van der Waals surface area (Å²) in [5.41, 5.74) is 1.49. The Morgan fingerprint density at radius 3 is 2.63 bits per heavy atom. The van der Waals surface area contributed by atoms with E-state index in [0.29, 0.717) is 23.6 Å². The van der Waals surface area contributed by atoms with Crippen LogP contribution < -0.4 is 9.47 Å². The number of carbonyl (C=O) groups excluding carboxylic acids is 1. The number of nitrogens with zero attached hydrogens (tertiary/aromatic N) is 1. The Balaban J connectivity index is 2.11. The maximum Gasteiger partial charge on any atom is 0.212 e. The third kappa shape index (κ3) is 3.31. The number of pyridine rings is 1. The highest BCUT2D eigenvalue weighted by molar-refractivity contribution is 5.97. The number of methoxy groups -OCH3 is 2. The van der Waals surface area contributed by atoms with Crippen molar-refractivity contribution in [2.24, 2.45) is 0 Å². The summed E-state index contributed by atoms with van der Waals surface area (Å²) in [5.74, 6) is 1.25. The Kier molecular flexibility index (Phi) is 4.13. The Hall–Kier alpha value is -2.36. The molecule has 4 heteroatoms. The van der Waals surface area contributed by atoms with Crippen LogP contribution in [-0.4, -0.2) is 25.0 Å². The van der Waals surface area contributed by atoms with Crippen LogP contribution in [0.3, 0.4) is 0 Å². The van der Waals surface area contributed by atoms with Gasteiger partial charge in [-0.15, -0.1) is 0 Å². The molecule has 0 atom stereocenters. The number of benzene rings is 1. The predicted octanol–water partition coefficient (Wildman–Crippen LogP) is 2.52. The fourth-order valence-corrected chi connectivity index (χ4v) is 1.72. The smallest absolute Gasteiger partial charge is 0.212 e. The summed E-state index contributed by atoms with van der Waals surface area (Å²) in [6.45, 7) is 0. The average molecular weight is 257 g/mol. The van der Waals surface area contributed by atoms with Crippen molar-refractivity contribution in [1.82, 2.24) is 4.98 Å². The first kappa shape index (κ1) is 13.1. The van der Waals surface area contributed by atoms with Crippen molar-refractivity contribution in [2.45, 2.75) is 6.42 Å². The molecule has 0 unspecified atom stereocenters. The van der Waals surface area contributed by atoms with Crippen molar-refractivity contribution in [1.29, 1.82) is 0 Å². The first-order chi connectivity index (χ1) is 9.22. The van der Waals surface area contributed by atoms with Crippen LogP contribution in [0.2, 0.25) is 0 Å². The second kappa shape index (κ2) is 6.00. The Morgan fingerprint density at radius 1 is 1.16 bits per heavy atom. The highest BCUT2D eigenvalue weighted by Gasteiger charge is 2.08. The van der Waals surface area contributed by atoms with Gasteiger partial charge in [-0.1, -0.05) is 18.2 Å². The molecule has 1 heterocycles. The van der Waals surface area contributed by atoms with Crippen molar-refractivity contribution < 1.29 is 14.3 Å². The van der Waals surface area contributed by atoms with Gasteiger partial charge in [0.1, 0.15) is 5.75 Å². The van der Waals surface area contributed by atoms with E-state index in [-0.39, 0.29) is 5.78 Å². The molecule has 0 saturated carbocycles. The van der Waals surface area contributed by atoms with E-state index in [1.807, 2.05) is 12.1 Å². The Morgan fingerprint density at radius 2 is 2.00 bits per heavy atom. The minimum Gasteiger partial charge on any atom is -0.497 e. The van der Waals surface area contributed by atoms with Crippen LogP contribution in [0.4, 0.5) is 0 Å². The van der Waals surface area contributed by atoms with Crippen LogP contribution in [0.5, 0.6) is 11.6 Å². The van der Waals surface area contributed by atoms with Crippen LogP contribution in [0.15, 0.2) is 42.6 Å². The Bertz CT molecular complexity index is 564. The summed E-state index contributed by atoms with van der Waals surface area (Å²) in [6.07, 6.45) is 1.96. The van der Waals surface area contributed by atoms with Crippen molar-refractivity contribution in [3.63, 3.8) is 0 Å². The third-order valence-electron chi connectivity index (χ3n) is 2.76. The molecule has 2 rings (SSSR count). The zero-order chi connectivity index (χ0) is 13.7. The van der Waals surface area contributed by atoms with Crippen molar-refractivity contribution >= 4 is 5.78 Å². The largest absolute Gasteiger partial charge is 0.497 e. The molecule has 0 aliphatic carbocycles. The van der Waals surface area contributed by atoms with Crippen molar-refractivity contribution in [3.8, 4) is 11.6 Å². The number of rotatable bonds is 5. The summed E-state index contributed by atoms with van der Waals surface area (Å²) in [5, 5.41) is 0. The van der Waals surface area contributed by atoms with Gasteiger partial charge < -0.3 is 9.47 Å². The van der Waals surface area contributed by atoms with Gasteiger partial charge in [0.15, 0.2) is 5.78 Å². The molecule has 0 saturated heterocycles. The molecule has 0 fully saturated rings. The van der Waals surface area contributed by atoms with Gasteiger partial charge in [-0.3, -0.25) is 4.79 Å². The van der Waals surface area contributed by atoms with Crippen molar-refractivity contribution in [3.05, 3.63) is 53.7 Å². The van der Waals surface area contributed by atoms with Gasteiger partial charge in [0, 0.05) is 24.2 Å². The van der Waals surface area contributed by atoms with Gasteiger partial charge in [0.25, 0.3) is 0 Å². The second-order valence-electron chi connectivity index (χ2n) is 4.04.